The lowest BCUT2D eigenvalue weighted by atomic mass is 10.1. The zero-order valence-corrected chi connectivity index (χ0v) is 24.0. The van der Waals surface area contributed by atoms with Crippen molar-refractivity contribution < 1.29 is 14.4 Å². The molecule has 3 fully saturated rings. The van der Waals surface area contributed by atoms with Gasteiger partial charge in [0.15, 0.2) is 5.65 Å². The van der Waals surface area contributed by atoms with E-state index in [4.69, 9.17) is 4.98 Å². The van der Waals surface area contributed by atoms with Gasteiger partial charge >= 0.3 is 6.03 Å². The zero-order valence-electron chi connectivity index (χ0n) is 24.0. The lowest BCUT2D eigenvalue weighted by Gasteiger charge is -2.17. The molecule has 8 rings (SSSR count). The maximum absolute atomic E-state index is 13.1. The van der Waals surface area contributed by atoms with Crippen molar-refractivity contribution in [3.8, 4) is 0 Å². The number of hydrogen-bond donors (Lipinski definition) is 2. The van der Waals surface area contributed by atoms with Crippen LogP contribution in [0.25, 0.3) is 11.4 Å². The number of aromatic nitrogens is 8. The van der Waals surface area contributed by atoms with Crippen LogP contribution in [0.1, 0.15) is 53.9 Å². The van der Waals surface area contributed by atoms with Gasteiger partial charge in [0.05, 0.1) is 17.9 Å². The number of aryl methyl sites for hydroxylation is 1. The van der Waals surface area contributed by atoms with Gasteiger partial charge in [-0.2, -0.15) is 19.6 Å². The first kappa shape index (κ1) is 26.2. The van der Waals surface area contributed by atoms with Gasteiger partial charge in [-0.3, -0.25) is 19.4 Å². The Kier molecular flexibility index (Phi) is 5.82. The average Bonchev–Trinajstić information content (AvgIpc) is 3.91. The molecule has 6 heterocycles. The van der Waals surface area contributed by atoms with Crippen molar-refractivity contribution in [3.05, 3.63) is 65.9 Å². The Morgan fingerprint density at radius 3 is 2.73 bits per heavy atom. The summed E-state index contributed by atoms with van der Waals surface area (Å²) in [5.74, 6) is 1.71. The lowest BCUT2D eigenvalue weighted by Crippen LogP contribution is -2.30. The molecule has 4 amide bonds. The van der Waals surface area contributed by atoms with E-state index in [1.54, 1.807) is 16.8 Å². The number of urea groups is 1. The van der Waals surface area contributed by atoms with E-state index in [-0.39, 0.29) is 36.2 Å². The summed E-state index contributed by atoms with van der Waals surface area (Å²) in [6, 6.07) is 5.15. The molecule has 5 aromatic heterocycles. The Bertz CT molecular complexity index is 2000. The molecule has 2 saturated carbocycles. The minimum Gasteiger partial charge on any atom is -0.364 e. The van der Waals surface area contributed by atoms with Crippen LogP contribution < -0.4 is 15.5 Å². The summed E-state index contributed by atoms with van der Waals surface area (Å²) < 4.78 is 3.47. The van der Waals surface area contributed by atoms with Crippen molar-refractivity contribution in [1.29, 1.82) is 0 Å². The molecular weight excluding hydrogens is 564 g/mol. The molecule has 15 heteroatoms. The van der Waals surface area contributed by atoms with Crippen LogP contribution >= 0.6 is 0 Å². The van der Waals surface area contributed by atoms with Crippen molar-refractivity contribution in [2.75, 3.05) is 29.1 Å². The molecule has 5 aromatic rings. The molecule has 1 saturated heterocycles. The van der Waals surface area contributed by atoms with Gasteiger partial charge in [0.1, 0.15) is 30.3 Å². The highest BCUT2D eigenvalue weighted by Crippen LogP contribution is 2.46. The van der Waals surface area contributed by atoms with Gasteiger partial charge in [-0.05, 0) is 49.8 Å². The minimum atomic E-state index is -0.364. The number of carbonyl (C=O) groups excluding carboxylic acids is 3. The summed E-state index contributed by atoms with van der Waals surface area (Å²) in [5.41, 5.74) is 3.90. The molecule has 222 valence electrons. The first-order valence-corrected chi connectivity index (χ1v) is 14.5. The Balaban J connectivity index is 1.04. The number of hydrogen-bond acceptors (Lipinski definition) is 10. The van der Waals surface area contributed by atoms with E-state index in [0.29, 0.717) is 59.1 Å². The van der Waals surface area contributed by atoms with Crippen LogP contribution in [0, 0.1) is 12.8 Å². The van der Waals surface area contributed by atoms with Crippen molar-refractivity contribution in [2.24, 2.45) is 5.92 Å². The Labute approximate surface area is 250 Å². The topological polar surface area (TPSA) is 168 Å². The Hall–Kier alpha value is -5.47. The van der Waals surface area contributed by atoms with Crippen LogP contribution in [0.2, 0.25) is 0 Å². The van der Waals surface area contributed by atoms with Crippen LogP contribution in [0.15, 0.2) is 43.1 Å². The summed E-state index contributed by atoms with van der Waals surface area (Å²) in [6.45, 7) is 2.20. The Morgan fingerprint density at radius 1 is 1.09 bits per heavy atom. The van der Waals surface area contributed by atoms with Gasteiger partial charge in [-0.1, -0.05) is 0 Å². The number of imide groups is 1. The van der Waals surface area contributed by atoms with Crippen LogP contribution in [0.4, 0.5) is 22.1 Å². The summed E-state index contributed by atoms with van der Waals surface area (Å²) in [5, 5.41) is 10.5. The molecule has 0 radical (unpaired) electrons. The molecule has 2 atom stereocenters. The van der Waals surface area contributed by atoms with Gasteiger partial charge < -0.3 is 15.0 Å². The van der Waals surface area contributed by atoms with Gasteiger partial charge in [-0.25, -0.2) is 19.7 Å². The first-order valence-electron chi connectivity index (χ1n) is 14.5. The average molecular weight is 593 g/mol. The number of fused-ring (bicyclic) bond motifs is 2. The maximum atomic E-state index is 13.1. The quantitative estimate of drug-likeness (QED) is 0.255. The predicted octanol–water partition coefficient (Wildman–Crippen LogP) is 2.50. The standard InChI is InChI=1S/C29H28N12O3/c1-15-5-6-30-25(34-15)19-8-20(19)27(43)36-22-9-23(41-28(37-22)32-14-33-41)31-10-18-12-39-11-17(16-3-4-16)7-21(26(39)35-18)40-13-24(42)38(2)29(40)44/h5-7,9,11-12,14,16,19-20,31H,3-4,8,10,13H2,1-2H3,(H,32,33,36,37,43)/t19-,20-/m0/s1. The highest BCUT2D eigenvalue weighted by molar-refractivity contribution is 6.13. The number of rotatable bonds is 8. The second-order valence-corrected chi connectivity index (χ2v) is 11.6. The third-order valence-electron chi connectivity index (χ3n) is 8.35. The fourth-order valence-electron chi connectivity index (χ4n) is 5.68. The van der Waals surface area contributed by atoms with Crippen molar-refractivity contribution in [3.63, 3.8) is 0 Å². The molecule has 0 aromatic carbocycles. The van der Waals surface area contributed by atoms with E-state index in [1.165, 1.54) is 18.3 Å². The number of carbonyl (C=O) groups is 3. The fourth-order valence-corrected chi connectivity index (χ4v) is 5.68. The second kappa shape index (κ2) is 9.79. The third-order valence-corrected chi connectivity index (χ3v) is 8.35. The molecule has 3 aliphatic rings. The Morgan fingerprint density at radius 2 is 1.95 bits per heavy atom. The summed E-state index contributed by atoms with van der Waals surface area (Å²) >= 11 is 0. The van der Waals surface area contributed by atoms with Crippen molar-refractivity contribution in [2.45, 2.75) is 44.6 Å². The van der Waals surface area contributed by atoms with Gasteiger partial charge in [-0.15, -0.1) is 0 Å². The number of likely N-dealkylation sites (N-methyl/N-ethyl adjacent to an activating group) is 1. The minimum absolute atomic E-state index is 0.0148. The number of nitrogens with one attached hydrogen (secondary N) is 2. The smallest absolute Gasteiger partial charge is 0.331 e. The second-order valence-electron chi connectivity index (χ2n) is 11.6. The predicted molar refractivity (Wildman–Crippen MR) is 157 cm³/mol. The summed E-state index contributed by atoms with van der Waals surface area (Å²) in [4.78, 5) is 63.1. The number of amides is 4. The molecule has 1 aliphatic heterocycles. The number of nitrogens with zero attached hydrogens (tertiary/aromatic N) is 10. The van der Waals surface area contributed by atoms with Crippen molar-refractivity contribution in [1.82, 2.24) is 43.8 Å². The number of imidazole rings is 1. The first-order chi connectivity index (χ1) is 21.3. The van der Waals surface area contributed by atoms with Crippen LogP contribution in [-0.2, 0) is 16.1 Å². The normalized spacial score (nSPS) is 19.8. The monoisotopic (exact) mass is 592 g/mol. The van der Waals surface area contributed by atoms with E-state index in [9.17, 15) is 14.4 Å². The molecular formula is C29H28N12O3. The number of anilines is 3. The highest BCUT2D eigenvalue weighted by atomic mass is 16.2. The molecule has 44 heavy (non-hydrogen) atoms. The highest BCUT2D eigenvalue weighted by Gasteiger charge is 2.46. The molecule has 15 nitrogen and oxygen atoms in total. The van der Waals surface area contributed by atoms with Crippen molar-refractivity contribution >= 4 is 46.6 Å². The largest absolute Gasteiger partial charge is 0.364 e. The van der Waals surface area contributed by atoms with Crippen LogP contribution in [0.3, 0.4) is 0 Å². The van der Waals surface area contributed by atoms with Crippen LogP contribution in [0.5, 0.6) is 0 Å². The summed E-state index contributed by atoms with van der Waals surface area (Å²) in [7, 11) is 1.49. The molecule has 2 N–H and O–H groups in total. The molecule has 0 spiro atoms. The number of pyridine rings is 1. The molecule has 2 aliphatic carbocycles. The van der Waals surface area contributed by atoms with Gasteiger partial charge in [0, 0.05) is 49.2 Å². The fraction of sp³-hybridized carbons (Fsp3) is 0.345. The lowest BCUT2D eigenvalue weighted by molar-refractivity contribution is -0.124. The maximum Gasteiger partial charge on any atom is 0.331 e. The van der Waals surface area contributed by atoms with E-state index in [1.807, 2.05) is 35.9 Å². The van der Waals surface area contributed by atoms with E-state index in [2.05, 4.69) is 35.7 Å². The molecule has 0 unspecified atom stereocenters. The van der Waals surface area contributed by atoms with E-state index in [0.717, 1.165) is 29.0 Å². The van der Waals surface area contributed by atoms with E-state index >= 15 is 0 Å². The van der Waals surface area contributed by atoms with Gasteiger partial charge in [0.2, 0.25) is 11.8 Å². The zero-order chi connectivity index (χ0) is 30.1. The van der Waals surface area contributed by atoms with E-state index < -0.39 is 0 Å². The SMILES string of the molecule is Cc1ccnc([C@H]2C[C@@H]2C(=O)Nc2cc(NCc3cn4cc(C5CC5)cc(N5CC(=O)N(C)C5=O)c4n3)n3ncnc3n2)n1. The summed E-state index contributed by atoms with van der Waals surface area (Å²) in [6.07, 6.45) is 9.93. The van der Waals surface area contributed by atoms with Gasteiger partial charge in [0.25, 0.3) is 5.78 Å². The van der Waals surface area contributed by atoms with Crippen LogP contribution in [-0.4, -0.2) is 75.3 Å². The third kappa shape index (κ3) is 4.56. The molecule has 0 bridgehead atoms.